The molecule has 0 bridgehead atoms. The van der Waals surface area contributed by atoms with Crippen LogP contribution in [0.3, 0.4) is 0 Å². The molecule has 0 radical (unpaired) electrons. The Bertz CT molecular complexity index is 324. The third-order valence-electron chi connectivity index (χ3n) is 2.19. The zero-order valence-electron chi connectivity index (χ0n) is 8.96. The van der Waals surface area contributed by atoms with Gasteiger partial charge in [-0.05, 0) is 31.2 Å². The van der Waals surface area contributed by atoms with E-state index in [9.17, 15) is 9.18 Å². The van der Waals surface area contributed by atoms with E-state index >= 15 is 0 Å². The highest BCUT2D eigenvalue weighted by molar-refractivity contribution is 5.80. The molecule has 0 saturated heterocycles. The molecular weight excluding hydrogens is 195 g/mol. The number of amides is 1. The summed E-state index contributed by atoms with van der Waals surface area (Å²) in [6.45, 7) is 2.95. The Hall–Kier alpha value is -1.58. The summed E-state index contributed by atoms with van der Waals surface area (Å²) in [6.07, 6.45) is 0. The van der Waals surface area contributed by atoms with Crippen molar-refractivity contribution in [1.82, 2.24) is 5.32 Å². The highest BCUT2D eigenvalue weighted by Crippen LogP contribution is 2.13. The van der Waals surface area contributed by atoms with Crippen LogP contribution in [0.5, 0.6) is 0 Å². The van der Waals surface area contributed by atoms with Crippen molar-refractivity contribution >= 4 is 11.6 Å². The minimum Gasteiger partial charge on any atom is -0.362 e. The number of likely N-dealkylation sites (N-methyl/N-ethyl adjacent to an activating group) is 2. The number of rotatable bonds is 4. The summed E-state index contributed by atoms with van der Waals surface area (Å²) in [4.78, 5) is 13.1. The maximum Gasteiger partial charge on any atom is 0.239 e. The standard InChI is InChI=1S/C11H15FN2O/c1-3-14(8-11(15)13-2)10-6-4-9(12)5-7-10/h4-7H,3,8H2,1-2H3,(H,13,15). The molecule has 0 atom stereocenters. The molecule has 82 valence electrons. The van der Waals surface area contributed by atoms with Gasteiger partial charge in [-0.15, -0.1) is 0 Å². The average Bonchev–Trinajstić information content (AvgIpc) is 2.27. The van der Waals surface area contributed by atoms with E-state index in [1.54, 1.807) is 19.2 Å². The number of hydrogen-bond donors (Lipinski definition) is 1. The maximum absolute atomic E-state index is 12.7. The zero-order chi connectivity index (χ0) is 11.3. The van der Waals surface area contributed by atoms with Crippen LogP contribution in [0.2, 0.25) is 0 Å². The highest BCUT2D eigenvalue weighted by atomic mass is 19.1. The van der Waals surface area contributed by atoms with Gasteiger partial charge in [0.05, 0.1) is 6.54 Å². The topological polar surface area (TPSA) is 32.3 Å². The van der Waals surface area contributed by atoms with E-state index in [1.165, 1.54) is 12.1 Å². The van der Waals surface area contributed by atoms with Gasteiger partial charge in [-0.3, -0.25) is 4.79 Å². The third kappa shape index (κ3) is 3.23. The van der Waals surface area contributed by atoms with Crippen LogP contribution in [0.1, 0.15) is 6.92 Å². The van der Waals surface area contributed by atoms with Gasteiger partial charge in [0.1, 0.15) is 5.82 Å². The van der Waals surface area contributed by atoms with Gasteiger partial charge in [0.2, 0.25) is 5.91 Å². The summed E-state index contributed by atoms with van der Waals surface area (Å²) in [6, 6.07) is 6.12. The van der Waals surface area contributed by atoms with Crippen LogP contribution >= 0.6 is 0 Å². The molecule has 0 saturated carbocycles. The summed E-state index contributed by atoms with van der Waals surface area (Å²) < 4.78 is 12.7. The number of anilines is 1. The number of nitrogens with one attached hydrogen (secondary N) is 1. The van der Waals surface area contributed by atoms with Crippen LogP contribution in [-0.4, -0.2) is 26.0 Å². The molecule has 1 N–H and O–H groups in total. The number of carbonyl (C=O) groups excluding carboxylic acids is 1. The van der Waals surface area contributed by atoms with Gasteiger partial charge >= 0.3 is 0 Å². The van der Waals surface area contributed by atoms with Crippen LogP contribution in [0.15, 0.2) is 24.3 Å². The molecule has 4 heteroatoms. The number of halogens is 1. The van der Waals surface area contributed by atoms with Crippen molar-refractivity contribution < 1.29 is 9.18 Å². The molecule has 1 aromatic rings. The smallest absolute Gasteiger partial charge is 0.239 e. The summed E-state index contributed by atoms with van der Waals surface area (Å²) in [7, 11) is 1.60. The molecular formula is C11H15FN2O. The summed E-state index contributed by atoms with van der Waals surface area (Å²) in [5, 5.41) is 2.56. The van der Waals surface area contributed by atoms with Crippen molar-refractivity contribution in [1.29, 1.82) is 0 Å². The SMILES string of the molecule is CCN(CC(=O)NC)c1ccc(F)cc1. The van der Waals surface area contributed by atoms with Crippen molar-refractivity contribution in [3.05, 3.63) is 30.1 Å². The molecule has 0 unspecified atom stereocenters. The van der Waals surface area contributed by atoms with Crippen LogP contribution in [0.4, 0.5) is 10.1 Å². The van der Waals surface area contributed by atoms with Crippen LogP contribution in [0, 0.1) is 5.82 Å². The second-order valence-electron chi connectivity index (χ2n) is 3.16. The van der Waals surface area contributed by atoms with Gasteiger partial charge in [0, 0.05) is 19.3 Å². The fourth-order valence-electron chi connectivity index (χ4n) is 1.29. The van der Waals surface area contributed by atoms with Crippen LogP contribution in [-0.2, 0) is 4.79 Å². The largest absolute Gasteiger partial charge is 0.362 e. The molecule has 1 aromatic carbocycles. The van der Waals surface area contributed by atoms with Crippen molar-refractivity contribution in [3.8, 4) is 0 Å². The predicted molar refractivity (Wildman–Crippen MR) is 58.4 cm³/mol. The molecule has 0 fully saturated rings. The predicted octanol–water partition coefficient (Wildman–Crippen LogP) is 1.40. The molecule has 15 heavy (non-hydrogen) atoms. The van der Waals surface area contributed by atoms with Gasteiger partial charge in [-0.25, -0.2) is 4.39 Å². The second-order valence-corrected chi connectivity index (χ2v) is 3.16. The van der Waals surface area contributed by atoms with E-state index in [1.807, 2.05) is 11.8 Å². The molecule has 1 amide bonds. The summed E-state index contributed by atoms with van der Waals surface area (Å²) in [5.74, 6) is -0.323. The maximum atomic E-state index is 12.7. The lowest BCUT2D eigenvalue weighted by Crippen LogP contribution is -2.35. The summed E-state index contributed by atoms with van der Waals surface area (Å²) in [5.41, 5.74) is 0.850. The first kappa shape index (κ1) is 11.5. The molecule has 0 heterocycles. The molecule has 0 aliphatic heterocycles. The van der Waals surface area contributed by atoms with Crippen molar-refractivity contribution in [3.63, 3.8) is 0 Å². The van der Waals surface area contributed by atoms with E-state index in [-0.39, 0.29) is 11.7 Å². The minimum atomic E-state index is -0.269. The van der Waals surface area contributed by atoms with Gasteiger partial charge < -0.3 is 10.2 Å². The van der Waals surface area contributed by atoms with Gasteiger partial charge in [0.15, 0.2) is 0 Å². The lowest BCUT2D eigenvalue weighted by molar-refractivity contribution is -0.119. The van der Waals surface area contributed by atoms with Crippen molar-refractivity contribution in [2.45, 2.75) is 6.92 Å². The Morgan fingerprint density at radius 1 is 1.40 bits per heavy atom. The first-order valence-corrected chi connectivity index (χ1v) is 4.88. The first-order valence-electron chi connectivity index (χ1n) is 4.88. The lowest BCUT2D eigenvalue weighted by atomic mass is 10.2. The minimum absolute atomic E-state index is 0.0545. The normalized spacial score (nSPS) is 9.80. The first-order chi connectivity index (χ1) is 7.17. The Morgan fingerprint density at radius 3 is 2.47 bits per heavy atom. The fourth-order valence-corrected chi connectivity index (χ4v) is 1.29. The quantitative estimate of drug-likeness (QED) is 0.814. The van der Waals surface area contributed by atoms with Crippen molar-refractivity contribution in [2.75, 3.05) is 25.0 Å². The number of nitrogens with zero attached hydrogens (tertiary/aromatic N) is 1. The fraction of sp³-hybridized carbons (Fsp3) is 0.364. The molecule has 1 rings (SSSR count). The number of benzene rings is 1. The Balaban J connectivity index is 2.74. The van der Waals surface area contributed by atoms with Gasteiger partial charge in [-0.1, -0.05) is 0 Å². The Morgan fingerprint density at radius 2 is 2.00 bits per heavy atom. The zero-order valence-corrected chi connectivity index (χ0v) is 8.96. The van der Waals surface area contributed by atoms with E-state index in [4.69, 9.17) is 0 Å². The van der Waals surface area contributed by atoms with Gasteiger partial charge in [0.25, 0.3) is 0 Å². The lowest BCUT2D eigenvalue weighted by Gasteiger charge is -2.21. The van der Waals surface area contributed by atoms with E-state index < -0.39 is 0 Å². The highest BCUT2D eigenvalue weighted by Gasteiger charge is 2.08. The molecule has 0 aromatic heterocycles. The second kappa shape index (κ2) is 5.34. The monoisotopic (exact) mass is 210 g/mol. The van der Waals surface area contributed by atoms with Crippen LogP contribution < -0.4 is 10.2 Å². The van der Waals surface area contributed by atoms with Crippen molar-refractivity contribution in [2.24, 2.45) is 0 Å². The average molecular weight is 210 g/mol. The van der Waals surface area contributed by atoms with Gasteiger partial charge in [-0.2, -0.15) is 0 Å². The summed E-state index contributed by atoms with van der Waals surface area (Å²) >= 11 is 0. The number of hydrogen-bond acceptors (Lipinski definition) is 2. The van der Waals surface area contributed by atoms with E-state index in [0.717, 1.165) is 5.69 Å². The van der Waals surface area contributed by atoms with E-state index in [0.29, 0.717) is 13.1 Å². The van der Waals surface area contributed by atoms with Crippen LogP contribution in [0.25, 0.3) is 0 Å². The van der Waals surface area contributed by atoms with E-state index in [2.05, 4.69) is 5.32 Å². The third-order valence-corrected chi connectivity index (χ3v) is 2.19. The number of carbonyl (C=O) groups is 1. The Labute approximate surface area is 88.9 Å². The Kier molecular flexibility index (Phi) is 4.09. The molecule has 0 spiro atoms. The molecule has 0 aliphatic rings. The molecule has 0 aliphatic carbocycles. The molecule has 3 nitrogen and oxygen atoms in total.